The molecular formula is C29H35N5O2. The van der Waals surface area contributed by atoms with Crippen LogP contribution in [0.3, 0.4) is 0 Å². The van der Waals surface area contributed by atoms with Crippen molar-refractivity contribution in [2.45, 2.75) is 44.7 Å². The van der Waals surface area contributed by atoms with Crippen molar-refractivity contribution in [3.63, 3.8) is 0 Å². The van der Waals surface area contributed by atoms with Crippen molar-refractivity contribution in [1.29, 1.82) is 0 Å². The van der Waals surface area contributed by atoms with Gasteiger partial charge in [0.25, 0.3) is 0 Å². The summed E-state index contributed by atoms with van der Waals surface area (Å²) in [7, 11) is 2.12. The summed E-state index contributed by atoms with van der Waals surface area (Å²) in [6.07, 6.45) is 12.1. The van der Waals surface area contributed by atoms with Gasteiger partial charge in [-0.15, -0.1) is 0 Å². The van der Waals surface area contributed by atoms with Crippen molar-refractivity contribution >= 4 is 11.6 Å². The van der Waals surface area contributed by atoms with Crippen LogP contribution in [0.5, 0.6) is 11.5 Å². The van der Waals surface area contributed by atoms with Crippen LogP contribution in [0.2, 0.25) is 0 Å². The van der Waals surface area contributed by atoms with Crippen LogP contribution in [0, 0.1) is 0 Å². The molecule has 1 aliphatic carbocycles. The molecule has 1 fully saturated rings. The van der Waals surface area contributed by atoms with Crippen molar-refractivity contribution in [3.05, 3.63) is 72.4 Å². The van der Waals surface area contributed by atoms with E-state index in [1.807, 2.05) is 42.5 Å². The van der Waals surface area contributed by atoms with Crippen LogP contribution in [0.25, 0.3) is 11.3 Å². The number of hydrogen-bond acceptors (Lipinski definition) is 7. The molecule has 0 unspecified atom stereocenters. The predicted molar refractivity (Wildman–Crippen MR) is 144 cm³/mol. The van der Waals surface area contributed by atoms with E-state index in [2.05, 4.69) is 45.8 Å². The average Bonchev–Trinajstić information content (AvgIpc) is 3.41. The Morgan fingerprint density at radius 3 is 2.94 bits per heavy atom. The zero-order valence-corrected chi connectivity index (χ0v) is 21.0. The lowest BCUT2D eigenvalue weighted by atomic mass is 10.1. The van der Waals surface area contributed by atoms with Crippen molar-refractivity contribution in [2.75, 3.05) is 32.2 Å². The van der Waals surface area contributed by atoms with Gasteiger partial charge in [0.15, 0.2) is 0 Å². The summed E-state index contributed by atoms with van der Waals surface area (Å²) in [6.45, 7) is 2.77. The molecule has 188 valence electrons. The highest BCUT2D eigenvalue weighted by atomic mass is 16.5. The topological polar surface area (TPSA) is 71.5 Å². The molecule has 1 saturated carbocycles. The molecule has 2 aliphatic rings. The van der Waals surface area contributed by atoms with Gasteiger partial charge in [-0.25, -0.2) is 9.97 Å². The van der Waals surface area contributed by atoms with Gasteiger partial charge in [-0.05, 0) is 62.7 Å². The van der Waals surface area contributed by atoms with E-state index in [0.717, 1.165) is 53.5 Å². The standard InChI is InChI=1S/C29H35N5O2/c1-34-16-5-2-6-17-35-26-11-7-8-22(19-26)27-14-15-30-29(33-27)32-25-12-13-28(23(18-25)20-34)36-21-31-24-9-3-4-10-24/h2,5,7-8,11-15,18-19,24,31H,3-4,6,9-10,16-17,20-21H2,1H3,(H,30,32,33)/b5-2+. The number of nitrogens with one attached hydrogen (secondary N) is 2. The number of rotatable bonds is 4. The van der Waals surface area contributed by atoms with E-state index in [4.69, 9.17) is 14.5 Å². The summed E-state index contributed by atoms with van der Waals surface area (Å²) in [5.74, 6) is 2.30. The fourth-order valence-electron chi connectivity index (χ4n) is 4.72. The van der Waals surface area contributed by atoms with Gasteiger partial charge in [-0.2, -0.15) is 0 Å². The van der Waals surface area contributed by atoms with E-state index < -0.39 is 0 Å². The van der Waals surface area contributed by atoms with Crippen molar-refractivity contribution in [3.8, 4) is 22.8 Å². The first-order chi connectivity index (χ1) is 17.7. The number of likely N-dealkylation sites (N-methyl/N-ethyl adjacent to an activating group) is 1. The van der Waals surface area contributed by atoms with Crippen molar-refractivity contribution < 1.29 is 9.47 Å². The maximum Gasteiger partial charge on any atom is 0.227 e. The van der Waals surface area contributed by atoms with Gasteiger partial charge in [0.2, 0.25) is 5.95 Å². The smallest absolute Gasteiger partial charge is 0.227 e. The van der Waals surface area contributed by atoms with E-state index in [0.29, 0.717) is 25.3 Å². The second-order valence-electron chi connectivity index (χ2n) is 9.52. The molecule has 2 heterocycles. The molecule has 7 heteroatoms. The molecule has 7 nitrogen and oxygen atoms in total. The SMILES string of the molecule is CN1C/C=C/CCOc2cccc(c2)-c2ccnc(n2)Nc2ccc(OCNC3CCCC3)c(c2)C1. The quantitative estimate of drug-likeness (QED) is 0.372. The lowest BCUT2D eigenvalue weighted by Gasteiger charge is -2.20. The second-order valence-corrected chi connectivity index (χ2v) is 9.52. The van der Waals surface area contributed by atoms with Gasteiger partial charge in [-0.1, -0.05) is 37.1 Å². The van der Waals surface area contributed by atoms with Crippen molar-refractivity contribution in [2.24, 2.45) is 0 Å². The zero-order valence-electron chi connectivity index (χ0n) is 21.0. The van der Waals surface area contributed by atoms with Gasteiger partial charge in [-0.3, -0.25) is 10.2 Å². The first kappa shape index (κ1) is 24.3. The summed E-state index contributed by atoms with van der Waals surface area (Å²) in [5, 5.41) is 6.93. The molecule has 0 spiro atoms. The summed E-state index contributed by atoms with van der Waals surface area (Å²) in [6, 6.07) is 16.7. The van der Waals surface area contributed by atoms with Crippen LogP contribution in [-0.2, 0) is 6.54 Å². The van der Waals surface area contributed by atoms with E-state index in [9.17, 15) is 0 Å². The monoisotopic (exact) mass is 485 g/mol. The Morgan fingerprint density at radius 1 is 1.11 bits per heavy atom. The Hall–Kier alpha value is -3.42. The van der Waals surface area contributed by atoms with E-state index in [-0.39, 0.29) is 0 Å². The average molecular weight is 486 g/mol. The molecule has 2 aromatic carbocycles. The van der Waals surface area contributed by atoms with Crippen LogP contribution in [0.1, 0.15) is 37.7 Å². The van der Waals surface area contributed by atoms with E-state index >= 15 is 0 Å². The molecule has 0 radical (unpaired) electrons. The minimum absolute atomic E-state index is 0.526. The predicted octanol–water partition coefficient (Wildman–Crippen LogP) is 5.53. The number of fused-ring (bicyclic) bond motifs is 7. The fourth-order valence-corrected chi connectivity index (χ4v) is 4.72. The van der Waals surface area contributed by atoms with Crippen molar-refractivity contribution in [1.82, 2.24) is 20.2 Å². The Labute approximate surface area is 213 Å². The molecule has 0 saturated heterocycles. The highest BCUT2D eigenvalue weighted by Crippen LogP contribution is 2.28. The number of anilines is 2. The van der Waals surface area contributed by atoms with Gasteiger partial charge in [0.05, 0.1) is 12.3 Å². The van der Waals surface area contributed by atoms with E-state index in [1.54, 1.807) is 6.20 Å². The van der Waals surface area contributed by atoms with Gasteiger partial charge in [0.1, 0.15) is 18.2 Å². The number of nitrogens with zero attached hydrogens (tertiary/aromatic N) is 3. The summed E-state index contributed by atoms with van der Waals surface area (Å²) < 4.78 is 12.2. The molecule has 5 rings (SSSR count). The lowest BCUT2D eigenvalue weighted by molar-refractivity contribution is 0.255. The third-order valence-electron chi connectivity index (χ3n) is 6.63. The Balaban J connectivity index is 1.39. The normalized spacial score (nSPS) is 17.9. The van der Waals surface area contributed by atoms with Crippen LogP contribution in [0.4, 0.5) is 11.6 Å². The van der Waals surface area contributed by atoms with Gasteiger partial charge >= 0.3 is 0 Å². The third kappa shape index (κ3) is 6.62. The molecule has 36 heavy (non-hydrogen) atoms. The third-order valence-corrected chi connectivity index (χ3v) is 6.63. The Bertz CT molecular complexity index is 1180. The van der Waals surface area contributed by atoms with Crippen LogP contribution in [-0.4, -0.2) is 47.8 Å². The number of benzene rings is 2. The minimum atomic E-state index is 0.526. The maximum absolute atomic E-state index is 6.20. The molecule has 0 amide bonds. The second kappa shape index (κ2) is 12.0. The number of hydrogen-bond donors (Lipinski definition) is 2. The van der Waals surface area contributed by atoms with Crippen LogP contribution >= 0.6 is 0 Å². The van der Waals surface area contributed by atoms with Crippen LogP contribution < -0.4 is 20.1 Å². The molecule has 6 bridgehead atoms. The first-order valence-electron chi connectivity index (χ1n) is 12.9. The number of ether oxygens (including phenoxy) is 2. The molecule has 1 aliphatic heterocycles. The van der Waals surface area contributed by atoms with Gasteiger partial charge in [0, 0.05) is 42.1 Å². The first-order valence-corrected chi connectivity index (χ1v) is 12.9. The van der Waals surface area contributed by atoms with E-state index in [1.165, 1.54) is 25.7 Å². The largest absolute Gasteiger partial charge is 0.493 e. The number of aromatic nitrogens is 2. The molecule has 1 aromatic heterocycles. The fraction of sp³-hybridized carbons (Fsp3) is 0.379. The van der Waals surface area contributed by atoms with Gasteiger partial charge < -0.3 is 14.8 Å². The Kier molecular flexibility index (Phi) is 8.10. The summed E-state index contributed by atoms with van der Waals surface area (Å²) >= 11 is 0. The Morgan fingerprint density at radius 2 is 2.03 bits per heavy atom. The molecule has 2 N–H and O–H groups in total. The maximum atomic E-state index is 6.20. The lowest BCUT2D eigenvalue weighted by Crippen LogP contribution is -2.30. The summed E-state index contributed by atoms with van der Waals surface area (Å²) in [4.78, 5) is 11.5. The minimum Gasteiger partial charge on any atom is -0.493 e. The molecule has 0 atom stereocenters. The zero-order chi connectivity index (χ0) is 24.6. The highest BCUT2D eigenvalue weighted by molar-refractivity contribution is 5.64. The molecular weight excluding hydrogens is 450 g/mol. The molecule has 3 aromatic rings. The summed E-state index contributed by atoms with van der Waals surface area (Å²) in [5.41, 5.74) is 3.89. The van der Waals surface area contributed by atoms with Crippen LogP contribution in [0.15, 0.2) is 66.9 Å². The highest BCUT2D eigenvalue weighted by Gasteiger charge is 2.15.